The summed E-state index contributed by atoms with van der Waals surface area (Å²) >= 11 is 1.59. The highest BCUT2D eigenvalue weighted by Gasteiger charge is 2.18. The van der Waals surface area contributed by atoms with Gasteiger partial charge in [0.1, 0.15) is 5.75 Å². The largest absolute Gasteiger partial charge is 0.497 e. The van der Waals surface area contributed by atoms with E-state index >= 15 is 0 Å². The summed E-state index contributed by atoms with van der Waals surface area (Å²) in [5, 5.41) is -0.106. The molecule has 0 aliphatic carbocycles. The van der Waals surface area contributed by atoms with Gasteiger partial charge in [-0.15, -0.1) is 11.8 Å². The van der Waals surface area contributed by atoms with Gasteiger partial charge < -0.3 is 9.64 Å². The van der Waals surface area contributed by atoms with Crippen molar-refractivity contribution >= 4 is 17.7 Å². The van der Waals surface area contributed by atoms with Gasteiger partial charge in [0.15, 0.2) is 0 Å². The van der Waals surface area contributed by atoms with Gasteiger partial charge in [0, 0.05) is 18.5 Å². The van der Waals surface area contributed by atoms with Crippen molar-refractivity contribution in [2.45, 2.75) is 23.6 Å². The molecule has 1 unspecified atom stereocenters. The number of rotatable bonds is 6. The van der Waals surface area contributed by atoms with Crippen LogP contribution in [0.25, 0.3) is 0 Å². The quantitative estimate of drug-likeness (QED) is 0.759. The number of carbonyl (C=O) groups is 1. The van der Waals surface area contributed by atoms with Gasteiger partial charge in [-0.25, -0.2) is 0 Å². The van der Waals surface area contributed by atoms with Crippen LogP contribution in [0.15, 0.2) is 59.5 Å². The highest BCUT2D eigenvalue weighted by Crippen LogP contribution is 2.24. The summed E-state index contributed by atoms with van der Waals surface area (Å²) in [7, 11) is 3.49. The second-order valence-corrected chi connectivity index (χ2v) is 6.53. The van der Waals surface area contributed by atoms with Crippen LogP contribution in [0.4, 0.5) is 0 Å². The Labute approximate surface area is 136 Å². The first-order valence-electron chi connectivity index (χ1n) is 7.20. The van der Waals surface area contributed by atoms with Crippen molar-refractivity contribution in [3.63, 3.8) is 0 Å². The predicted molar refractivity (Wildman–Crippen MR) is 91.2 cm³/mol. The lowest BCUT2D eigenvalue weighted by Crippen LogP contribution is -2.32. The topological polar surface area (TPSA) is 29.5 Å². The van der Waals surface area contributed by atoms with Crippen LogP contribution < -0.4 is 4.74 Å². The van der Waals surface area contributed by atoms with Crippen LogP contribution in [0.5, 0.6) is 5.75 Å². The fraction of sp³-hybridized carbons (Fsp3) is 0.278. The Balaban J connectivity index is 1.93. The highest BCUT2D eigenvalue weighted by atomic mass is 32.2. The summed E-state index contributed by atoms with van der Waals surface area (Å²) in [6.07, 6.45) is 0. The van der Waals surface area contributed by atoms with Crippen LogP contribution in [0, 0.1) is 0 Å². The Morgan fingerprint density at radius 1 is 1.14 bits per heavy atom. The van der Waals surface area contributed by atoms with E-state index in [1.165, 1.54) is 0 Å². The Bertz CT molecular complexity index is 598. The SMILES string of the molecule is COc1ccc(CN(C)C(=O)C(C)Sc2ccccc2)cc1. The molecule has 0 bridgehead atoms. The summed E-state index contributed by atoms with van der Waals surface area (Å²) in [6.45, 7) is 2.55. The van der Waals surface area contributed by atoms with Crippen molar-refractivity contribution in [3.05, 3.63) is 60.2 Å². The minimum absolute atomic E-state index is 0.106. The van der Waals surface area contributed by atoms with Crippen LogP contribution in [0.1, 0.15) is 12.5 Å². The summed E-state index contributed by atoms with van der Waals surface area (Å²) in [5.74, 6) is 0.954. The van der Waals surface area contributed by atoms with E-state index < -0.39 is 0 Å². The number of methoxy groups -OCH3 is 1. The molecule has 22 heavy (non-hydrogen) atoms. The van der Waals surface area contributed by atoms with E-state index in [1.54, 1.807) is 23.8 Å². The fourth-order valence-corrected chi connectivity index (χ4v) is 3.15. The molecule has 0 aliphatic heterocycles. The average molecular weight is 315 g/mol. The first kappa shape index (κ1) is 16.4. The maximum absolute atomic E-state index is 12.5. The maximum Gasteiger partial charge on any atom is 0.235 e. The number of hydrogen-bond donors (Lipinski definition) is 0. The van der Waals surface area contributed by atoms with Crippen molar-refractivity contribution in [1.29, 1.82) is 0 Å². The van der Waals surface area contributed by atoms with E-state index in [4.69, 9.17) is 4.74 Å². The molecule has 0 spiro atoms. The number of carbonyl (C=O) groups excluding carboxylic acids is 1. The standard InChI is InChI=1S/C18H21NO2S/c1-14(22-17-7-5-4-6-8-17)18(20)19(2)13-15-9-11-16(21-3)12-10-15/h4-12,14H,13H2,1-3H3. The monoisotopic (exact) mass is 315 g/mol. The van der Waals surface area contributed by atoms with E-state index in [-0.39, 0.29) is 11.2 Å². The zero-order valence-corrected chi connectivity index (χ0v) is 14.0. The van der Waals surface area contributed by atoms with E-state index in [0.29, 0.717) is 6.54 Å². The van der Waals surface area contributed by atoms with Gasteiger partial charge in [0.2, 0.25) is 5.91 Å². The second-order valence-electron chi connectivity index (χ2n) is 5.12. The van der Waals surface area contributed by atoms with Crippen molar-refractivity contribution in [3.8, 4) is 5.75 Å². The molecular weight excluding hydrogens is 294 g/mol. The summed E-state index contributed by atoms with van der Waals surface area (Å²) in [5.41, 5.74) is 1.09. The first-order chi connectivity index (χ1) is 10.6. The Morgan fingerprint density at radius 3 is 2.36 bits per heavy atom. The van der Waals surface area contributed by atoms with E-state index in [0.717, 1.165) is 16.2 Å². The zero-order chi connectivity index (χ0) is 15.9. The lowest BCUT2D eigenvalue weighted by Gasteiger charge is -2.21. The fourth-order valence-electron chi connectivity index (χ4n) is 2.15. The highest BCUT2D eigenvalue weighted by molar-refractivity contribution is 8.00. The van der Waals surface area contributed by atoms with Crippen molar-refractivity contribution < 1.29 is 9.53 Å². The van der Waals surface area contributed by atoms with Gasteiger partial charge in [0.25, 0.3) is 0 Å². The molecule has 1 amide bonds. The molecule has 1 atom stereocenters. The smallest absolute Gasteiger partial charge is 0.235 e. The minimum atomic E-state index is -0.106. The molecule has 116 valence electrons. The Morgan fingerprint density at radius 2 is 1.77 bits per heavy atom. The van der Waals surface area contributed by atoms with Gasteiger partial charge in [-0.2, -0.15) is 0 Å². The minimum Gasteiger partial charge on any atom is -0.497 e. The molecule has 0 fully saturated rings. The molecule has 4 heteroatoms. The molecule has 3 nitrogen and oxygen atoms in total. The van der Waals surface area contributed by atoms with Crippen molar-refractivity contribution in [2.75, 3.05) is 14.2 Å². The number of nitrogens with zero attached hydrogens (tertiary/aromatic N) is 1. The van der Waals surface area contributed by atoms with Crippen LogP contribution >= 0.6 is 11.8 Å². The first-order valence-corrected chi connectivity index (χ1v) is 8.07. The van der Waals surface area contributed by atoms with Crippen LogP contribution in [-0.2, 0) is 11.3 Å². The molecular formula is C18H21NO2S. The number of benzene rings is 2. The van der Waals surface area contributed by atoms with E-state index in [1.807, 2.05) is 68.6 Å². The second kappa shape index (κ2) is 7.90. The molecule has 0 heterocycles. The molecule has 0 saturated heterocycles. The van der Waals surface area contributed by atoms with Gasteiger partial charge >= 0.3 is 0 Å². The summed E-state index contributed by atoms with van der Waals surface area (Å²) in [4.78, 5) is 15.3. The van der Waals surface area contributed by atoms with Crippen LogP contribution in [0.2, 0.25) is 0 Å². The van der Waals surface area contributed by atoms with Gasteiger partial charge in [-0.05, 0) is 36.8 Å². The summed E-state index contributed by atoms with van der Waals surface area (Å²) < 4.78 is 5.14. The molecule has 0 aromatic heterocycles. The third-order valence-corrected chi connectivity index (χ3v) is 4.46. The number of hydrogen-bond acceptors (Lipinski definition) is 3. The van der Waals surface area contributed by atoms with E-state index in [9.17, 15) is 4.79 Å². The zero-order valence-electron chi connectivity index (χ0n) is 13.2. The predicted octanol–water partition coefficient (Wildman–Crippen LogP) is 3.83. The molecule has 0 aliphatic rings. The molecule has 2 aromatic rings. The van der Waals surface area contributed by atoms with Gasteiger partial charge in [-0.3, -0.25) is 4.79 Å². The molecule has 0 saturated carbocycles. The third kappa shape index (κ3) is 4.53. The lowest BCUT2D eigenvalue weighted by atomic mass is 10.2. The Kier molecular flexibility index (Phi) is 5.90. The number of thioether (sulfide) groups is 1. The third-order valence-electron chi connectivity index (χ3n) is 3.36. The van der Waals surface area contributed by atoms with E-state index in [2.05, 4.69) is 0 Å². The normalized spacial score (nSPS) is 11.8. The molecule has 2 aromatic carbocycles. The molecule has 2 rings (SSSR count). The lowest BCUT2D eigenvalue weighted by molar-refractivity contribution is -0.129. The van der Waals surface area contributed by atoms with Crippen molar-refractivity contribution in [2.24, 2.45) is 0 Å². The molecule has 0 radical (unpaired) electrons. The van der Waals surface area contributed by atoms with Crippen LogP contribution in [-0.4, -0.2) is 30.2 Å². The van der Waals surface area contributed by atoms with Crippen molar-refractivity contribution in [1.82, 2.24) is 4.90 Å². The Hall–Kier alpha value is -1.94. The number of ether oxygens (including phenoxy) is 1. The number of amides is 1. The summed E-state index contributed by atoms with van der Waals surface area (Å²) in [6, 6.07) is 17.8. The van der Waals surface area contributed by atoms with Crippen LogP contribution in [0.3, 0.4) is 0 Å². The average Bonchev–Trinajstić information content (AvgIpc) is 2.55. The van der Waals surface area contributed by atoms with Gasteiger partial charge in [0.05, 0.1) is 12.4 Å². The van der Waals surface area contributed by atoms with Gasteiger partial charge in [-0.1, -0.05) is 30.3 Å². The molecule has 0 N–H and O–H groups in total. The maximum atomic E-state index is 12.5.